The van der Waals surface area contributed by atoms with Gasteiger partial charge in [-0.15, -0.1) is 0 Å². The summed E-state index contributed by atoms with van der Waals surface area (Å²) >= 11 is 0. The first-order valence-electron chi connectivity index (χ1n) is 11.2. The Morgan fingerprint density at radius 3 is 2.45 bits per heavy atom. The van der Waals surface area contributed by atoms with Crippen LogP contribution in [0.1, 0.15) is 19.4 Å². The van der Waals surface area contributed by atoms with Gasteiger partial charge in [0.1, 0.15) is 17.4 Å². The van der Waals surface area contributed by atoms with Gasteiger partial charge in [0.25, 0.3) is 5.56 Å². The standard InChI is InChI=1S/C25H26FN5O2/c1-3-20(24(32)30-14-12-29(13-15-30)22-11-7-5-9-19(22)26)31-21-10-6-4-8-17(21)18-16-27-28(2)25(33)23(18)31/h4-11,16,20H,3,12-15H2,1-2H3/t20-/m1/s1. The molecule has 7 nitrogen and oxygen atoms in total. The summed E-state index contributed by atoms with van der Waals surface area (Å²) in [7, 11) is 1.62. The second kappa shape index (κ2) is 8.35. The van der Waals surface area contributed by atoms with Crippen molar-refractivity contribution >= 4 is 33.4 Å². The van der Waals surface area contributed by atoms with Crippen molar-refractivity contribution in [3.8, 4) is 0 Å². The molecule has 0 saturated carbocycles. The Hall–Kier alpha value is -3.68. The number of benzene rings is 2. The molecular weight excluding hydrogens is 421 g/mol. The summed E-state index contributed by atoms with van der Waals surface area (Å²) in [4.78, 5) is 30.6. The number of piperazine rings is 1. The van der Waals surface area contributed by atoms with E-state index in [0.29, 0.717) is 43.8 Å². The summed E-state index contributed by atoms with van der Waals surface area (Å²) in [5, 5.41) is 5.86. The number of carbonyl (C=O) groups is 1. The van der Waals surface area contributed by atoms with Crippen LogP contribution in [0.15, 0.2) is 59.5 Å². The number of hydrogen-bond acceptors (Lipinski definition) is 4. The number of fused-ring (bicyclic) bond motifs is 3. The average Bonchev–Trinajstić information content (AvgIpc) is 3.17. The molecule has 0 aliphatic carbocycles. The lowest BCUT2D eigenvalue weighted by atomic mass is 10.1. The van der Waals surface area contributed by atoms with E-state index in [2.05, 4.69) is 5.10 Å². The van der Waals surface area contributed by atoms with Crippen molar-refractivity contribution in [2.45, 2.75) is 19.4 Å². The van der Waals surface area contributed by atoms with Crippen molar-refractivity contribution in [2.24, 2.45) is 7.05 Å². The number of anilines is 1. The monoisotopic (exact) mass is 447 g/mol. The maximum atomic E-state index is 14.2. The zero-order valence-corrected chi connectivity index (χ0v) is 18.7. The number of rotatable bonds is 4. The quantitative estimate of drug-likeness (QED) is 0.482. The van der Waals surface area contributed by atoms with Crippen LogP contribution in [0.25, 0.3) is 21.8 Å². The predicted octanol–water partition coefficient (Wildman–Crippen LogP) is 3.33. The highest BCUT2D eigenvalue weighted by Gasteiger charge is 2.31. The Bertz CT molecular complexity index is 1400. The molecular formula is C25H26FN5O2. The van der Waals surface area contributed by atoms with Crippen molar-refractivity contribution in [2.75, 3.05) is 31.1 Å². The summed E-state index contributed by atoms with van der Waals surface area (Å²) < 4.78 is 17.4. The van der Waals surface area contributed by atoms with Gasteiger partial charge in [0.2, 0.25) is 5.91 Å². The Kier molecular flexibility index (Phi) is 5.36. The van der Waals surface area contributed by atoms with Crippen molar-refractivity contribution in [3.63, 3.8) is 0 Å². The van der Waals surface area contributed by atoms with Crippen LogP contribution in [0, 0.1) is 5.82 Å². The van der Waals surface area contributed by atoms with Crippen molar-refractivity contribution in [1.29, 1.82) is 0 Å². The van der Waals surface area contributed by atoms with Gasteiger partial charge in [-0.2, -0.15) is 5.10 Å². The van der Waals surface area contributed by atoms with Crippen LogP contribution in [-0.2, 0) is 11.8 Å². The van der Waals surface area contributed by atoms with Gasteiger partial charge in [0.05, 0.1) is 17.4 Å². The molecule has 0 N–H and O–H groups in total. The summed E-state index contributed by atoms with van der Waals surface area (Å²) in [5.74, 6) is -0.273. The SMILES string of the molecule is CC[C@H](C(=O)N1CCN(c2ccccc2F)CC1)n1c2ccccc2c2cnn(C)c(=O)c21. The van der Waals surface area contributed by atoms with E-state index < -0.39 is 6.04 Å². The van der Waals surface area contributed by atoms with Gasteiger partial charge in [0, 0.05) is 44.0 Å². The molecule has 1 saturated heterocycles. The van der Waals surface area contributed by atoms with Gasteiger partial charge in [-0.3, -0.25) is 9.59 Å². The maximum absolute atomic E-state index is 14.2. The molecule has 1 fully saturated rings. The minimum atomic E-state index is -0.512. The van der Waals surface area contributed by atoms with Crippen molar-refractivity contribution in [3.05, 3.63) is 70.9 Å². The first-order valence-corrected chi connectivity index (χ1v) is 11.2. The molecule has 1 aliphatic rings. The van der Waals surface area contributed by atoms with E-state index in [4.69, 9.17) is 0 Å². The fourth-order valence-corrected chi connectivity index (χ4v) is 4.87. The van der Waals surface area contributed by atoms with Gasteiger partial charge >= 0.3 is 0 Å². The van der Waals surface area contributed by atoms with Gasteiger partial charge in [-0.1, -0.05) is 37.3 Å². The average molecular weight is 448 g/mol. The second-order valence-electron chi connectivity index (χ2n) is 8.41. The third kappa shape index (κ3) is 3.46. The number of nitrogens with zero attached hydrogens (tertiary/aromatic N) is 5. The Morgan fingerprint density at radius 1 is 1.03 bits per heavy atom. The lowest BCUT2D eigenvalue weighted by Crippen LogP contribution is -2.51. The summed E-state index contributed by atoms with van der Waals surface area (Å²) in [6, 6.07) is 14.0. The van der Waals surface area contributed by atoms with Crippen LogP contribution in [0.4, 0.5) is 10.1 Å². The number of aromatic nitrogens is 3. The highest BCUT2D eigenvalue weighted by molar-refractivity contribution is 6.08. The van der Waals surface area contributed by atoms with E-state index in [-0.39, 0.29) is 17.3 Å². The lowest BCUT2D eigenvalue weighted by Gasteiger charge is -2.38. The van der Waals surface area contributed by atoms with E-state index in [1.54, 1.807) is 25.4 Å². The van der Waals surface area contributed by atoms with Gasteiger partial charge in [-0.05, 0) is 24.6 Å². The zero-order valence-electron chi connectivity index (χ0n) is 18.7. The Morgan fingerprint density at radius 2 is 1.73 bits per heavy atom. The Balaban J connectivity index is 1.50. The van der Waals surface area contributed by atoms with Gasteiger partial charge in [-0.25, -0.2) is 9.07 Å². The highest BCUT2D eigenvalue weighted by atomic mass is 19.1. The third-order valence-electron chi connectivity index (χ3n) is 6.57. The van der Waals surface area contributed by atoms with E-state index in [0.717, 1.165) is 16.3 Å². The minimum absolute atomic E-state index is 0.0211. The number of para-hydroxylation sites is 2. The van der Waals surface area contributed by atoms with Crippen LogP contribution in [-0.4, -0.2) is 51.3 Å². The van der Waals surface area contributed by atoms with Crippen LogP contribution >= 0.6 is 0 Å². The number of hydrogen-bond donors (Lipinski definition) is 0. The smallest absolute Gasteiger partial charge is 0.291 e. The number of halogens is 1. The third-order valence-corrected chi connectivity index (χ3v) is 6.57. The molecule has 0 unspecified atom stereocenters. The molecule has 2 aromatic carbocycles. The largest absolute Gasteiger partial charge is 0.366 e. The molecule has 4 aromatic rings. The fraction of sp³-hybridized carbons (Fsp3) is 0.320. The number of aryl methyl sites for hydroxylation is 1. The molecule has 1 amide bonds. The minimum Gasteiger partial charge on any atom is -0.366 e. The Labute approximate surface area is 190 Å². The molecule has 33 heavy (non-hydrogen) atoms. The number of amides is 1. The number of carbonyl (C=O) groups excluding carboxylic acids is 1. The van der Waals surface area contributed by atoms with E-state index in [9.17, 15) is 14.0 Å². The molecule has 1 aliphatic heterocycles. The summed E-state index contributed by atoms with van der Waals surface area (Å²) in [5.41, 5.74) is 1.69. The van der Waals surface area contributed by atoms with Crippen LogP contribution in [0.2, 0.25) is 0 Å². The van der Waals surface area contributed by atoms with Crippen molar-refractivity contribution in [1.82, 2.24) is 19.2 Å². The predicted molar refractivity (Wildman–Crippen MR) is 127 cm³/mol. The van der Waals surface area contributed by atoms with Crippen LogP contribution < -0.4 is 10.5 Å². The molecule has 1 atom stereocenters. The summed E-state index contributed by atoms with van der Waals surface area (Å²) in [6.07, 6.45) is 2.24. The topological polar surface area (TPSA) is 63.4 Å². The molecule has 0 spiro atoms. The van der Waals surface area contributed by atoms with Crippen LogP contribution in [0.5, 0.6) is 0 Å². The first-order chi connectivity index (χ1) is 16.0. The first kappa shape index (κ1) is 21.2. The molecule has 170 valence electrons. The van der Waals surface area contributed by atoms with Gasteiger partial charge < -0.3 is 14.4 Å². The normalized spacial score (nSPS) is 15.4. The molecule has 2 aromatic heterocycles. The van der Waals surface area contributed by atoms with E-state index >= 15 is 0 Å². The van der Waals surface area contributed by atoms with Crippen molar-refractivity contribution < 1.29 is 9.18 Å². The van der Waals surface area contributed by atoms with Crippen LogP contribution in [0.3, 0.4) is 0 Å². The summed E-state index contributed by atoms with van der Waals surface area (Å²) in [6.45, 7) is 4.08. The molecule has 0 bridgehead atoms. The molecule has 8 heteroatoms. The maximum Gasteiger partial charge on any atom is 0.291 e. The second-order valence-corrected chi connectivity index (χ2v) is 8.41. The van der Waals surface area contributed by atoms with E-state index in [1.807, 2.05) is 51.6 Å². The fourth-order valence-electron chi connectivity index (χ4n) is 4.87. The van der Waals surface area contributed by atoms with Gasteiger partial charge in [0.15, 0.2) is 0 Å². The molecule has 3 heterocycles. The highest BCUT2D eigenvalue weighted by Crippen LogP contribution is 2.32. The zero-order chi connectivity index (χ0) is 23.1. The molecule has 0 radical (unpaired) electrons. The lowest BCUT2D eigenvalue weighted by molar-refractivity contribution is -0.135. The van der Waals surface area contributed by atoms with E-state index in [1.165, 1.54) is 10.7 Å². The molecule has 5 rings (SSSR count).